The molecule has 0 saturated heterocycles. The van der Waals surface area contributed by atoms with Crippen molar-refractivity contribution in [1.29, 1.82) is 0 Å². The van der Waals surface area contributed by atoms with Gasteiger partial charge in [-0.3, -0.25) is 4.79 Å². The second kappa shape index (κ2) is 3.54. The van der Waals surface area contributed by atoms with Crippen LogP contribution >= 0.6 is 0 Å². The van der Waals surface area contributed by atoms with E-state index < -0.39 is 0 Å². The molecule has 1 fully saturated rings. The zero-order valence-corrected chi connectivity index (χ0v) is 9.68. The molecule has 1 saturated carbocycles. The Bertz CT molecular complexity index is 219. The molecule has 0 aliphatic heterocycles. The van der Waals surface area contributed by atoms with Crippen LogP contribution in [-0.4, -0.2) is 19.0 Å². The Morgan fingerprint density at radius 3 is 2.14 bits per heavy atom. The number of rotatable bonds is 5. The summed E-state index contributed by atoms with van der Waals surface area (Å²) in [4.78, 5) is 10.5. The Hall–Kier alpha value is -0.570. The summed E-state index contributed by atoms with van der Waals surface area (Å²) in [6, 6.07) is 0. The third-order valence-corrected chi connectivity index (χ3v) is 4.22. The summed E-state index contributed by atoms with van der Waals surface area (Å²) in [6.07, 6.45) is 0.438. The van der Waals surface area contributed by atoms with Crippen molar-refractivity contribution in [1.82, 2.24) is 5.32 Å². The summed E-state index contributed by atoms with van der Waals surface area (Å²) in [6.45, 7) is 10.9. The third-order valence-electron chi connectivity index (χ3n) is 4.22. The number of hydrogen-bond donors (Lipinski definition) is 2. The molecule has 0 atom stereocenters. The molecule has 0 radical (unpaired) electrons. The number of nitrogens with two attached hydrogens (primary N) is 1. The highest BCUT2D eigenvalue weighted by atomic mass is 16.1. The molecule has 0 aromatic heterocycles. The standard InChI is InChI=1S/C11H22N2O/c1-10(2)8(11(10,3)4)7-13-6-5-9(12)14/h8,13H,5-7H2,1-4H3,(H2,12,14). The van der Waals surface area contributed by atoms with Gasteiger partial charge < -0.3 is 11.1 Å². The predicted octanol–water partition coefficient (Wildman–Crippen LogP) is 1.13. The summed E-state index contributed by atoms with van der Waals surface area (Å²) < 4.78 is 0. The van der Waals surface area contributed by atoms with Crippen LogP contribution in [0.5, 0.6) is 0 Å². The van der Waals surface area contributed by atoms with Gasteiger partial charge in [-0.25, -0.2) is 0 Å². The fourth-order valence-electron chi connectivity index (χ4n) is 2.30. The molecule has 0 aromatic carbocycles. The van der Waals surface area contributed by atoms with Crippen LogP contribution in [0.15, 0.2) is 0 Å². The van der Waals surface area contributed by atoms with Crippen molar-refractivity contribution in [2.24, 2.45) is 22.5 Å². The highest BCUT2D eigenvalue weighted by molar-refractivity contribution is 5.73. The maximum Gasteiger partial charge on any atom is 0.218 e. The van der Waals surface area contributed by atoms with Crippen LogP contribution in [0.2, 0.25) is 0 Å². The molecule has 3 N–H and O–H groups in total. The molecule has 82 valence electrons. The Morgan fingerprint density at radius 1 is 1.29 bits per heavy atom. The second-order valence-corrected chi connectivity index (χ2v) is 5.42. The molecule has 1 aliphatic rings. The van der Waals surface area contributed by atoms with Crippen molar-refractivity contribution in [3.8, 4) is 0 Å². The van der Waals surface area contributed by atoms with Gasteiger partial charge >= 0.3 is 0 Å². The van der Waals surface area contributed by atoms with Gasteiger partial charge in [0.1, 0.15) is 0 Å². The number of carbonyl (C=O) groups excluding carboxylic acids is 1. The van der Waals surface area contributed by atoms with Crippen molar-refractivity contribution in [2.45, 2.75) is 34.1 Å². The fourth-order valence-corrected chi connectivity index (χ4v) is 2.30. The Morgan fingerprint density at radius 2 is 1.79 bits per heavy atom. The maximum absolute atomic E-state index is 10.5. The van der Waals surface area contributed by atoms with Gasteiger partial charge in [0, 0.05) is 13.0 Å². The molecule has 1 rings (SSSR count). The smallest absolute Gasteiger partial charge is 0.218 e. The van der Waals surface area contributed by atoms with Crippen LogP contribution in [-0.2, 0) is 4.79 Å². The molecule has 0 spiro atoms. The van der Waals surface area contributed by atoms with Crippen LogP contribution in [0.4, 0.5) is 0 Å². The van der Waals surface area contributed by atoms with Gasteiger partial charge in [-0.15, -0.1) is 0 Å². The Kier molecular flexibility index (Phi) is 2.91. The zero-order chi connectivity index (χ0) is 11.0. The third kappa shape index (κ3) is 1.92. The average Bonchev–Trinajstić information content (AvgIpc) is 2.38. The van der Waals surface area contributed by atoms with Gasteiger partial charge in [-0.05, 0) is 23.3 Å². The fraction of sp³-hybridized carbons (Fsp3) is 0.909. The summed E-state index contributed by atoms with van der Waals surface area (Å²) >= 11 is 0. The van der Waals surface area contributed by atoms with E-state index in [1.807, 2.05) is 0 Å². The normalized spacial score (nSPS) is 23.4. The van der Waals surface area contributed by atoms with E-state index in [1.165, 1.54) is 0 Å². The number of hydrogen-bond acceptors (Lipinski definition) is 2. The van der Waals surface area contributed by atoms with E-state index in [2.05, 4.69) is 33.0 Å². The molecule has 1 amide bonds. The van der Waals surface area contributed by atoms with Gasteiger partial charge in [-0.1, -0.05) is 27.7 Å². The monoisotopic (exact) mass is 198 g/mol. The van der Waals surface area contributed by atoms with Gasteiger partial charge in [0.2, 0.25) is 5.91 Å². The zero-order valence-electron chi connectivity index (χ0n) is 9.68. The molecule has 3 heteroatoms. The molecule has 1 aliphatic carbocycles. The molecular formula is C11H22N2O. The minimum atomic E-state index is -0.230. The summed E-state index contributed by atoms with van der Waals surface area (Å²) in [7, 11) is 0. The van der Waals surface area contributed by atoms with E-state index in [1.54, 1.807) is 0 Å². The van der Waals surface area contributed by atoms with Crippen LogP contribution < -0.4 is 11.1 Å². The Balaban J connectivity index is 2.19. The molecule has 0 aromatic rings. The summed E-state index contributed by atoms with van der Waals surface area (Å²) in [5.74, 6) is 0.481. The van der Waals surface area contributed by atoms with Crippen LogP contribution in [0, 0.1) is 16.7 Å². The van der Waals surface area contributed by atoms with E-state index in [-0.39, 0.29) is 5.91 Å². The van der Waals surface area contributed by atoms with Crippen LogP contribution in [0.1, 0.15) is 34.1 Å². The number of carbonyl (C=O) groups is 1. The molecule has 0 bridgehead atoms. The molecule has 0 heterocycles. The maximum atomic E-state index is 10.5. The van der Waals surface area contributed by atoms with E-state index >= 15 is 0 Å². The van der Waals surface area contributed by atoms with Crippen LogP contribution in [0.3, 0.4) is 0 Å². The second-order valence-electron chi connectivity index (χ2n) is 5.42. The van der Waals surface area contributed by atoms with Crippen LogP contribution in [0.25, 0.3) is 0 Å². The molecule has 0 unspecified atom stereocenters. The minimum Gasteiger partial charge on any atom is -0.370 e. The molecule has 3 nitrogen and oxygen atoms in total. The quantitative estimate of drug-likeness (QED) is 0.651. The van der Waals surface area contributed by atoms with E-state index in [4.69, 9.17) is 5.73 Å². The first-order chi connectivity index (χ1) is 6.30. The number of amides is 1. The largest absolute Gasteiger partial charge is 0.370 e. The van der Waals surface area contributed by atoms with Gasteiger partial charge in [-0.2, -0.15) is 0 Å². The molecule has 14 heavy (non-hydrogen) atoms. The van der Waals surface area contributed by atoms with E-state index in [9.17, 15) is 4.79 Å². The highest BCUT2D eigenvalue weighted by Gasteiger charge is 2.63. The van der Waals surface area contributed by atoms with Crippen molar-refractivity contribution in [3.63, 3.8) is 0 Å². The Labute approximate surface area is 86.4 Å². The van der Waals surface area contributed by atoms with Gasteiger partial charge in [0.15, 0.2) is 0 Å². The topological polar surface area (TPSA) is 55.1 Å². The van der Waals surface area contributed by atoms with Crippen molar-refractivity contribution >= 4 is 5.91 Å². The predicted molar refractivity (Wildman–Crippen MR) is 57.7 cm³/mol. The first-order valence-corrected chi connectivity index (χ1v) is 5.29. The SMILES string of the molecule is CC1(C)C(CNCCC(N)=O)C1(C)C. The van der Waals surface area contributed by atoms with Crippen molar-refractivity contribution in [3.05, 3.63) is 0 Å². The van der Waals surface area contributed by atoms with Crippen molar-refractivity contribution < 1.29 is 4.79 Å². The lowest BCUT2D eigenvalue weighted by Gasteiger charge is -2.04. The summed E-state index contributed by atoms with van der Waals surface area (Å²) in [5.41, 5.74) is 5.90. The lowest BCUT2D eigenvalue weighted by molar-refractivity contribution is -0.117. The van der Waals surface area contributed by atoms with Gasteiger partial charge in [0.05, 0.1) is 0 Å². The van der Waals surface area contributed by atoms with E-state index in [0.29, 0.717) is 29.7 Å². The lowest BCUT2D eigenvalue weighted by Crippen LogP contribution is -2.24. The number of primary amides is 1. The first kappa shape index (κ1) is 11.5. The lowest BCUT2D eigenvalue weighted by atomic mass is 10.0. The van der Waals surface area contributed by atoms with Crippen molar-refractivity contribution in [2.75, 3.05) is 13.1 Å². The molecular weight excluding hydrogens is 176 g/mol. The average molecular weight is 198 g/mol. The van der Waals surface area contributed by atoms with Gasteiger partial charge in [0.25, 0.3) is 0 Å². The minimum absolute atomic E-state index is 0.230. The highest BCUT2D eigenvalue weighted by Crippen LogP contribution is 2.67. The summed E-state index contributed by atoms with van der Waals surface area (Å²) in [5, 5.41) is 3.29. The first-order valence-electron chi connectivity index (χ1n) is 5.29. The van der Waals surface area contributed by atoms with E-state index in [0.717, 1.165) is 6.54 Å². The number of nitrogens with one attached hydrogen (secondary N) is 1.